The highest BCUT2D eigenvalue weighted by Gasteiger charge is 2.12. The molecule has 1 N–H and O–H groups in total. The molecule has 0 aliphatic carbocycles. The first-order chi connectivity index (χ1) is 12.0. The van der Waals surface area contributed by atoms with Crippen molar-refractivity contribution in [1.29, 1.82) is 0 Å². The van der Waals surface area contributed by atoms with Gasteiger partial charge in [0, 0.05) is 21.9 Å². The SMILES string of the molecule is O=C(Nc1nnc(SCc2cc(F)ccc2F)s1)c1ccc(Cl)cc1. The van der Waals surface area contributed by atoms with Gasteiger partial charge in [0.25, 0.3) is 5.91 Å². The van der Waals surface area contributed by atoms with Gasteiger partial charge in [0.2, 0.25) is 5.13 Å². The van der Waals surface area contributed by atoms with Gasteiger partial charge in [0.05, 0.1) is 0 Å². The summed E-state index contributed by atoms with van der Waals surface area (Å²) < 4.78 is 27.3. The van der Waals surface area contributed by atoms with Gasteiger partial charge in [-0.3, -0.25) is 10.1 Å². The number of hydrogen-bond acceptors (Lipinski definition) is 5. The number of amides is 1. The lowest BCUT2D eigenvalue weighted by molar-refractivity contribution is 0.102. The Bertz CT molecular complexity index is 903. The van der Waals surface area contributed by atoms with Crippen LogP contribution in [0.2, 0.25) is 5.02 Å². The fourth-order valence-corrected chi connectivity index (χ4v) is 3.73. The number of anilines is 1. The van der Waals surface area contributed by atoms with Crippen molar-refractivity contribution in [1.82, 2.24) is 10.2 Å². The van der Waals surface area contributed by atoms with Crippen molar-refractivity contribution < 1.29 is 13.6 Å². The van der Waals surface area contributed by atoms with E-state index in [1.807, 2.05) is 0 Å². The molecule has 0 saturated heterocycles. The van der Waals surface area contributed by atoms with Gasteiger partial charge in [-0.05, 0) is 42.5 Å². The third-order valence-corrected chi connectivity index (χ3v) is 5.37. The predicted octanol–water partition coefficient (Wildman–Crippen LogP) is 5.01. The van der Waals surface area contributed by atoms with E-state index in [9.17, 15) is 13.6 Å². The number of carbonyl (C=O) groups is 1. The summed E-state index contributed by atoms with van der Waals surface area (Å²) in [6, 6.07) is 9.73. The molecule has 1 aromatic heterocycles. The summed E-state index contributed by atoms with van der Waals surface area (Å²) in [5.41, 5.74) is 0.683. The van der Waals surface area contributed by atoms with Crippen LogP contribution < -0.4 is 5.32 Å². The van der Waals surface area contributed by atoms with E-state index < -0.39 is 11.6 Å². The zero-order chi connectivity index (χ0) is 17.8. The summed E-state index contributed by atoms with van der Waals surface area (Å²) in [7, 11) is 0. The minimum Gasteiger partial charge on any atom is -0.296 e. The Kier molecular flexibility index (Phi) is 5.62. The zero-order valence-corrected chi connectivity index (χ0v) is 14.9. The molecule has 25 heavy (non-hydrogen) atoms. The molecule has 0 saturated carbocycles. The van der Waals surface area contributed by atoms with Crippen molar-refractivity contribution in [2.75, 3.05) is 5.32 Å². The Morgan fingerprint density at radius 3 is 2.68 bits per heavy atom. The topological polar surface area (TPSA) is 54.9 Å². The molecule has 128 valence electrons. The average Bonchev–Trinajstić information content (AvgIpc) is 3.03. The standard InChI is InChI=1S/C16H10ClF2N3OS2/c17-11-3-1-9(2-4-11)14(23)20-15-21-22-16(25-15)24-8-10-7-12(18)5-6-13(10)19/h1-7H,8H2,(H,20,21,23). The quantitative estimate of drug-likeness (QED) is 0.485. The number of thioether (sulfide) groups is 1. The van der Waals surface area contributed by atoms with Crippen molar-refractivity contribution in [3.63, 3.8) is 0 Å². The third kappa shape index (κ3) is 4.75. The van der Waals surface area contributed by atoms with Gasteiger partial charge in [-0.2, -0.15) is 0 Å². The summed E-state index contributed by atoms with van der Waals surface area (Å²) in [4.78, 5) is 12.1. The summed E-state index contributed by atoms with van der Waals surface area (Å²) in [6.07, 6.45) is 0. The van der Waals surface area contributed by atoms with Gasteiger partial charge in [0.1, 0.15) is 11.6 Å². The minimum absolute atomic E-state index is 0.212. The number of hydrogen-bond donors (Lipinski definition) is 1. The molecule has 3 rings (SSSR count). The molecule has 0 aliphatic heterocycles. The minimum atomic E-state index is -0.495. The molecular weight excluding hydrogens is 388 g/mol. The van der Waals surface area contributed by atoms with Gasteiger partial charge in [-0.15, -0.1) is 10.2 Å². The van der Waals surface area contributed by atoms with Crippen LogP contribution in [0.3, 0.4) is 0 Å². The molecule has 0 aliphatic rings. The van der Waals surface area contributed by atoms with Crippen molar-refractivity contribution in [3.8, 4) is 0 Å². The van der Waals surface area contributed by atoms with Crippen LogP contribution in [0.25, 0.3) is 0 Å². The summed E-state index contributed by atoms with van der Waals surface area (Å²) >= 11 is 8.15. The lowest BCUT2D eigenvalue weighted by Gasteiger charge is -2.01. The molecular formula is C16H10ClF2N3OS2. The largest absolute Gasteiger partial charge is 0.296 e. The second-order valence-corrected chi connectivity index (χ2v) is 7.49. The zero-order valence-electron chi connectivity index (χ0n) is 12.5. The van der Waals surface area contributed by atoms with E-state index >= 15 is 0 Å². The molecule has 0 fully saturated rings. The molecule has 9 heteroatoms. The third-order valence-electron chi connectivity index (χ3n) is 3.09. The number of nitrogens with one attached hydrogen (secondary N) is 1. The lowest BCUT2D eigenvalue weighted by atomic mass is 10.2. The highest BCUT2D eigenvalue weighted by atomic mass is 35.5. The number of aromatic nitrogens is 2. The summed E-state index contributed by atoms with van der Waals surface area (Å²) in [6.45, 7) is 0. The fraction of sp³-hybridized carbons (Fsp3) is 0.0625. The fourth-order valence-electron chi connectivity index (χ4n) is 1.88. The number of benzene rings is 2. The van der Waals surface area contributed by atoms with E-state index in [0.29, 0.717) is 20.1 Å². The maximum Gasteiger partial charge on any atom is 0.257 e. The molecule has 2 aromatic carbocycles. The Balaban J connectivity index is 1.61. The molecule has 1 heterocycles. The second-order valence-electron chi connectivity index (χ2n) is 4.86. The molecule has 0 unspecified atom stereocenters. The average molecular weight is 398 g/mol. The Morgan fingerprint density at radius 2 is 1.92 bits per heavy atom. The molecule has 0 bridgehead atoms. The first-order valence-electron chi connectivity index (χ1n) is 6.98. The van der Waals surface area contributed by atoms with Crippen LogP contribution in [-0.2, 0) is 5.75 Å². The van der Waals surface area contributed by atoms with Crippen LogP contribution in [0.15, 0.2) is 46.8 Å². The highest BCUT2D eigenvalue weighted by Crippen LogP contribution is 2.29. The van der Waals surface area contributed by atoms with E-state index in [1.165, 1.54) is 11.8 Å². The Morgan fingerprint density at radius 1 is 1.16 bits per heavy atom. The van der Waals surface area contributed by atoms with E-state index in [0.717, 1.165) is 29.5 Å². The molecule has 3 aromatic rings. The van der Waals surface area contributed by atoms with Gasteiger partial charge < -0.3 is 0 Å². The first-order valence-corrected chi connectivity index (χ1v) is 9.16. The van der Waals surface area contributed by atoms with Crippen LogP contribution >= 0.6 is 34.7 Å². The van der Waals surface area contributed by atoms with Gasteiger partial charge in [-0.1, -0.05) is 34.7 Å². The maximum absolute atomic E-state index is 13.6. The Labute approximate surface area is 155 Å². The van der Waals surface area contributed by atoms with Crippen LogP contribution in [0, 0.1) is 11.6 Å². The number of rotatable bonds is 5. The Hall–Kier alpha value is -2.03. The molecule has 4 nitrogen and oxygen atoms in total. The maximum atomic E-state index is 13.6. The van der Waals surface area contributed by atoms with Gasteiger partial charge >= 0.3 is 0 Å². The van der Waals surface area contributed by atoms with Crippen molar-refractivity contribution in [2.24, 2.45) is 0 Å². The molecule has 0 radical (unpaired) electrons. The van der Waals surface area contributed by atoms with Crippen molar-refractivity contribution in [2.45, 2.75) is 10.1 Å². The predicted molar refractivity (Wildman–Crippen MR) is 95.2 cm³/mol. The summed E-state index contributed by atoms with van der Waals surface area (Å²) in [5.74, 6) is -1.09. The monoisotopic (exact) mass is 397 g/mol. The van der Waals surface area contributed by atoms with E-state index in [1.54, 1.807) is 24.3 Å². The smallest absolute Gasteiger partial charge is 0.257 e. The molecule has 1 amide bonds. The van der Waals surface area contributed by atoms with Gasteiger partial charge in [0.15, 0.2) is 4.34 Å². The van der Waals surface area contributed by atoms with E-state index in [-0.39, 0.29) is 17.2 Å². The van der Waals surface area contributed by atoms with Gasteiger partial charge in [-0.25, -0.2) is 8.78 Å². The van der Waals surface area contributed by atoms with Crippen LogP contribution in [0.5, 0.6) is 0 Å². The van der Waals surface area contributed by atoms with Crippen LogP contribution in [-0.4, -0.2) is 16.1 Å². The normalized spacial score (nSPS) is 10.7. The van der Waals surface area contributed by atoms with Crippen LogP contribution in [0.1, 0.15) is 15.9 Å². The molecule has 0 atom stereocenters. The van der Waals surface area contributed by atoms with E-state index in [2.05, 4.69) is 15.5 Å². The number of halogens is 3. The molecule has 0 spiro atoms. The lowest BCUT2D eigenvalue weighted by Crippen LogP contribution is -2.11. The van der Waals surface area contributed by atoms with Crippen LogP contribution in [0.4, 0.5) is 13.9 Å². The highest BCUT2D eigenvalue weighted by molar-refractivity contribution is 8.00. The first kappa shape index (κ1) is 17.8. The second kappa shape index (κ2) is 7.90. The van der Waals surface area contributed by atoms with E-state index in [4.69, 9.17) is 11.6 Å². The van der Waals surface area contributed by atoms with Crippen molar-refractivity contribution in [3.05, 3.63) is 70.2 Å². The number of nitrogens with zero attached hydrogens (tertiary/aromatic N) is 2. The van der Waals surface area contributed by atoms with Crippen molar-refractivity contribution >= 4 is 45.7 Å². The summed E-state index contributed by atoms with van der Waals surface area (Å²) in [5, 5.41) is 11.3. The number of carbonyl (C=O) groups excluding carboxylic acids is 1.